The van der Waals surface area contributed by atoms with E-state index in [9.17, 15) is 9.59 Å². The van der Waals surface area contributed by atoms with Crippen LogP contribution >= 0.6 is 23.2 Å². The second-order valence-electron chi connectivity index (χ2n) is 6.63. The molecular weight excluding hydrogens is 437 g/mol. The van der Waals surface area contributed by atoms with Gasteiger partial charge in [-0.2, -0.15) is 0 Å². The topological polar surface area (TPSA) is 55.8 Å². The number of ether oxygens (including phenoxy) is 2. The van der Waals surface area contributed by atoms with E-state index in [1.807, 2.05) is 0 Å². The number of hydrogen-bond donors (Lipinski definition) is 0. The maximum Gasteiger partial charge on any atom is 0.338 e. The zero-order valence-corrected chi connectivity index (χ0v) is 18.6. The molecule has 0 aromatic heterocycles. The summed E-state index contributed by atoms with van der Waals surface area (Å²) >= 11 is 12.4. The quantitative estimate of drug-likeness (QED) is 0.406. The van der Waals surface area contributed by atoms with E-state index in [1.165, 1.54) is 0 Å². The monoisotopic (exact) mass is 457 g/mol. The van der Waals surface area contributed by atoms with Gasteiger partial charge in [0.25, 0.3) is 5.91 Å². The highest BCUT2D eigenvalue weighted by Gasteiger charge is 2.20. The second kappa shape index (κ2) is 10.3. The molecule has 31 heavy (non-hydrogen) atoms. The molecule has 0 aliphatic heterocycles. The highest BCUT2D eigenvalue weighted by molar-refractivity contribution is 6.35. The lowest BCUT2D eigenvalue weighted by Gasteiger charge is -2.24. The van der Waals surface area contributed by atoms with E-state index in [0.717, 1.165) is 5.56 Å². The van der Waals surface area contributed by atoms with Crippen molar-refractivity contribution in [3.05, 3.63) is 93.5 Å². The number of halogens is 2. The minimum Gasteiger partial charge on any atom is -0.497 e. The van der Waals surface area contributed by atoms with Crippen LogP contribution in [0.2, 0.25) is 10.0 Å². The van der Waals surface area contributed by atoms with Crippen LogP contribution < -0.4 is 9.64 Å². The standard InChI is InChI=1S/C24H21Cl2NO4/c1-3-31-24(29)16-8-11-20(12-9-16)27(15-18-7-10-19(25)14-22(18)26)23(28)17-5-4-6-21(13-17)30-2/h4-14H,3,15H2,1-2H3. The van der Waals surface area contributed by atoms with Crippen molar-refractivity contribution in [3.8, 4) is 5.75 Å². The Morgan fingerprint density at radius 3 is 2.32 bits per heavy atom. The smallest absolute Gasteiger partial charge is 0.338 e. The molecule has 3 rings (SSSR count). The molecule has 0 bridgehead atoms. The molecule has 0 aliphatic carbocycles. The van der Waals surface area contributed by atoms with Crippen LogP contribution in [0, 0.1) is 0 Å². The normalized spacial score (nSPS) is 10.5. The molecule has 0 saturated carbocycles. The van der Waals surface area contributed by atoms with Gasteiger partial charge in [-0.25, -0.2) is 4.79 Å². The number of carbonyl (C=O) groups is 2. The van der Waals surface area contributed by atoms with Gasteiger partial charge in [0, 0.05) is 21.3 Å². The molecule has 0 radical (unpaired) electrons. The Bertz CT molecular complexity index is 1080. The van der Waals surface area contributed by atoms with Crippen LogP contribution in [-0.2, 0) is 11.3 Å². The molecule has 0 saturated heterocycles. The van der Waals surface area contributed by atoms with Crippen LogP contribution in [0.3, 0.4) is 0 Å². The molecule has 0 N–H and O–H groups in total. The molecule has 0 unspecified atom stereocenters. The van der Waals surface area contributed by atoms with E-state index in [4.69, 9.17) is 32.7 Å². The molecule has 0 fully saturated rings. The van der Waals surface area contributed by atoms with Crippen LogP contribution in [0.1, 0.15) is 33.2 Å². The Hall–Kier alpha value is -3.02. The first kappa shape index (κ1) is 22.7. The summed E-state index contributed by atoms with van der Waals surface area (Å²) in [6.45, 7) is 2.25. The molecule has 0 spiro atoms. The van der Waals surface area contributed by atoms with Crippen LogP contribution in [0.15, 0.2) is 66.7 Å². The van der Waals surface area contributed by atoms with E-state index in [-0.39, 0.29) is 19.1 Å². The van der Waals surface area contributed by atoms with Gasteiger partial charge in [0.15, 0.2) is 0 Å². The van der Waals surface area contributed by atoms with Crippen molar-refractivity contribution in [2.45, 2.75) is 13.5 Å². The Morgan fingerprint density at radius 2 is 1.68 bits per heavy atom. The Morgan fingerprint density at radius 1 is 0.935 bits per heavy atom. The van der Waals surface area contributed by atoms with Gasteiger partial charge in [0.1, 0.15) is 5.75 Å². The average molecular weight is 458 g/mol. The van der Waals surface area contributed by atoms with E-state index in [2.05, 4.69) is 0 Å². The molecular formula is C24H21Cl2NO4. The third-order valence-electron chi connectivity index (χ3n) is 4.60. The van der Waals surface area contributed by atoms with Gasteiger partial charge >= 0.3 is 5.97 Å². The van der Waals surface area contributed by atoms with Gasteiger partial charge in [-0.15, -0.1) is 0 Å². The lowest BCUT2D eigenvalue weighted by molar-refractivity contribution is 0.0526. The first-order chi connectivity index (χ1) is 14.9. The maximum absolute atomic E-state index is 13.4. The number of carbonyl (C=O) groups excluding carboxylic acids is 2. The summed E-state index contributed by atoms with van der Waals surface area (Å²) in [4.78, 5) is 27.0. The summed E-state index contributed by atoms with van der Waals surface area (Å²) in [7, 11) is 1.54. The van der Waals surface area contributed by atoms with Crippen molar-refractivity contribution in [2.24, 2.45) is 0 Å². The predicted octanol–water partition coefficient (Wildman–Crippen LogP) is 6.03. The number of hydrogen-bond acceptors (Lipinski definition) is 4. The minimum atomic E-state index is -0.416. The lowest BCUT2D eigenvalue weighted by Crippen LogP contribution is -2.30. The van der Waals surface area contributed by atoms with Gasteiger partial charge in [-0.05, 0) is 67.1 Å². The van der Waals surface area contributed by atoms with Crippen LogP contribution in [0.5, 0.6) is 5.75 Å². The van der Waals surface area contributed by atoms with E-state index in [0.29, 0.717) is 32.6 Å². The summed E-state index contributed by atoms with van der Waals surface area (Å²) < 4.78 is 10.3. The molecule has 0 heterocycles. The Balaban J connectivity index is 1.99. The first-order valence-corrected chi connectivity index (χ1v) is 10.4. The van der Waals surface area contributed by atoms with E-state index < -0.39 is 5.97 Å². The third kappa shape index (κ3) is 5.57. The zero-order chi connectivity index (χ0) is 22.4. The molecule has 3 aromatic carbocycles. The zero-order valence-electron chi connectivity index (χ0n) is 17.1. The van der Waals surface area contributed by atoms with Crippen LogP contribution in [0.4, 0.5) is 5.69 Å². The SMILES string of the molecule is CCOC(=O)c1ccc(N(Cc2ccc(Cl)cc2Cl)C(=O)c2cccc(OC)c2)cc1. The number of methoxy groups -OCH3 is 1. The fourth-order valence-corrected chi connectivity index (χ4v) is 3.47. The number of rotatable bonds is 7. The summed E-state index contributed by atoms with van der Waals surface area (Å²) in [6, 6.07) is 18.7. The largest absolute Gasteiger partial charge is 0.497 e. The van der Waals surface area contributed by atoms with Crippen molar-refractivity contribution in [1.29, 1.82) is 0 Å². The van der Waals surface area contributed by atoms with Crippen molar-refractivity contribution in [2.75, 3.05) is 18.6 Å². The van der Waals surface area contributed by atoms with E-state index >= 15 is 0 Å². The minimum absolute atomic E-state index is 0.213. The number of nitrogens with zero attached hydrogens (tertiary/aromatic N) is 1. The number of amides is 1. The predicted molar refractivity (Wildman–Crippen MR) is 122 cm³/mol. The van der Waals surface area contributed by atoms with Crippen LogP contribution in [-0.4, -0.2) is 25.6 Å². The van der Waals surface area contributed by atoms with E-state index in [1.54, 1.807) is 85.7 Å². The van der Waals surface area contributed by atoms with Gasteiger partial charge in [0.2, 0.25) is 0 Å². The summed E-state index contributed by atoms with van der Waals surface area (Å²) in [5.41, 5.74) is 2.20. The second-order valence-corrected chi connectivity index (χ2v) is 7.47. The van der Waals surface area contributed by atoms with Crippen molar-refractivity contribution < 1.29 is 19.1 Å². The van der Waals surface area contributed by atoms with Crippen molar-refractivity contribution in [1.82, 2.24) is 0 Å². The highest BCUT2D eigenvalue weighted by Crippen LogP contribution is 2.27. The molecule has 160 valence electrons. The summed E-state index contributed by atoms with van der Waals surface area (Å²) in [6.07, 6.45) is 0. The number of esters is 1. The highest BCUT2D eigenvalue weighted by atomic mass is 35.5. The first-order valence-electron chi connectivity index (χ1n) is 9.60. The molecule has 7 heteroatoms. The summed E-state index contributed by atoms with van der Waals surface area (Å²) in [5.74, 6) is -0.0812. The van der Waals surface area contributed by atoms with Crippen molar-refractivity contribution >= 4 is 40.8 Å². The number of anilines is 1. The van der Waals surface area contributed by atoms with Crippen LogP contribution in [0.25, 0.3) is 0 Å². The molecule has 0 atom stereocenters. The van der Waals surface area contributed by atoms with Gasteiger partial charge in [-0.1, -0.05) is 35.3 Å². The molecule has 0 aliphatic rings. The van der Waals surface area contributed by atoms with Gasteiger partial charge in [-0.3, -0.25) is 4.79 Å². The fourth-order valence-electron chi connectivity index (χ4n) is 3.00. The fraction of sp³-hybridized carbons (Fsp3) is 0.167. The summed E-state index contributed by atoms with van der Waals surface area (Å²) in [5, 5.41) is 0.970. The lowest BCUT2D eigenvalue weighted by atomic mass is 10.1. The maximum atomic E-state index is 13.4. The third-order valence-corrected chi connectivity index (χ3v) is 5.18. The van der Waals surface area contributed by atoms with Gasteiger partial charge < -0.3 is 14.4 Å². The molecule has 1 amide bonds. The molecule has 5 nitrogen and oxygen atoms in total. The number of benzene rings is 3. The van der Waals surface area contributed by atoms with Gasteiger partial charge in [0.05, 0.1) is 25.8 Å². The molecule has 3 aromatic rings. The Labute approximate surface area is 191 Å². The average Bonchev–Trinajstić information content (AvgIpc) is 2.78. The Kier molecular flexibility index (Phi) is 7.55. The van der Waals surface area contributed by atoms with Crippen molar-refractivity contribution in [3.63, 3.8) is 0 Å².